The van der Waals surface area contributed by atoms with Crippen LogP contribution in [0.15, 0.2) is 79.3 Å². The summed E-state index contributed by atoms with van der Waals surface area (Å²) < 4.78 is 39.9. The minimum absolute atomic E-state index is 0.214. The van der Waals surface area contributed by atoms with Crippen LogP contribution in [0.5, 0.6) is 0 Å². The third-order valence-corrected chi connectivity index (χ3v) is 5.92. The van der Waals surface area contributed by atoms with E-state index in [1.807, 2.05) is 12.1 Å². The Bertz CT molecular complexity index is 1290. The Hall–Kier alpha value is -3.78. The third kappa shape index (κ3) is 4.77. The number of anilines is 1. The van der Waals surface area contributed by atoms with Gasteiger partial charge in [0.2, 0.25) is 5.95 Å². The number of aromatic nitrogens is 3. The van der Waals surface area contributed by atoms with Crippen LogP contribution < -0.4 is 10.6 Å². The first-order valence-electron chi connectivity index (χ1n) is 11.0. The van der Waals surface area contributed by atoms with E-state index in [0.29, 0.717) is 29.3 Å². The van der Waals surface area contributed by atoms with Crippen molar-refractivity contribution in [1.82, 2.24) is 20.3 Å². The number of fused-ring (bicyclic) bond motifs is 1. The van der Waals surface area contributed by atoms with Gasteiger partial charge >= 0.3 is 6.18 Å². The Morgan fingerprint density at radius 2 is 1.74 bits per heavy atom. The Balaban J connectivity index is 1.42. The lowest BCUT2D eigenvalue weighted by atomic mass is 9.96. The molecule has 0 bridgehead atoms. The summed E-state index contributed by atoms with van der Waals surface area (Å²) in [6.07, 6.45) is 1.29. The van der Waals surface area contributed by atoms with Gasteiger partial charge in [-0.3, -0.25) is 4.98 Å². The molecule has 2 aromatic heterocycles. The summed E-state index contributed by atoms with van der Waals surface area (Å²) in [4.78, 5) is 13.1. The van der Waals surface area contributed by atoms with E-state index < -0.39 is 11.7 Å². The van der Waals surface area contributed by atoms with E-state index >= 15 is 0 Å². The van der Waals surface area contributed by atoms with Crippen molar-refractivity contribution in [3.63, 3.8) is 0 Å². The average molecular weight is 461 g/mol. The standard InChI is InChI=1S/C26H22F3N5/c27-26(28,29)21-7-3-6-19(12-21)23-16-33-25(34-24(23)17-8-10-30-11-9-17)32-15-22-13-18-4-1-2-5-20(18)14-31-22/h1-12,16,22,31H,13-15H2,(H,32,33,34). The number of alkyl halides is 3. The molecular formula is C26H22F3N5. The molecule has 1 aliphatic heterocycles. The fourth-order valence-electron chi connectivity index (χ4n) is 4.15. The van der Waals surface area contributed by atoms with Crippen LogP contribution in [0.25, 0.3) is 22.4 Å². The molecule has 0 aliphatic carbocycles. The number of benzene rings is 2. The Morgan fingerprint density at radius 3 is 2.53 bits per heavy atom. The molecular weight excluding hydrogens is 439 g/mol. The van der Waals surface area contributed by atoms with E-state index in [1.54, 1.807) is 36.8 Å². The maximum atomic E-state index is 13.3. The van der Waals surface area contributed by atoms with Crippen LogP contribution in [0.1, 0.15) is 16.7 Å². The van der Waals surface area contributed by atoms with Gasteiger partial charge in [-0.15, -0.1) is 0 Å². The van der Waals surface area contributed by atoms with Gasteiger partial charge in [-0.25, -0.2) is 9.97 Å². The first-order chi connectivity index (χ1) is 16.5. The van der Waals surface area contributed by atoms with Gasteiger partial charge in [0.05, 0.1) is 11.3 Å². The summed E-state index contributed by atoms with van der Waals surface area (Å²) >= 11 is 0. The maximum absolute atomic E-state index is 13.3. The normalized spacial score (nSPS) is 15.6. The number of hydrogen-bond donors (Lipinski definition) is 2. The highest BCUT2D eigenvalue weighted by Gasteiger charge is 2.30. The van der Waals surface area contributed by atoms with Gasteiger partial charge in [-0.05, 0) is 47.4 Å². The van der Waals surface area contributed by atoms with Crippen LogP contribution in [-0.4, -0.2) is 27.5 Å². The van der Waals surface area contributed by atoms with E-state index in [9.17, 15) is 13.2 Å². The number of hydrogen-bond acceptors (Lipinski definition) is 5. The SMILES string of the molecule is FC(F)(F)c1cccc(-c2cnc(NCC3Cc4ccccc4CN3)nc2-c2ccncc2)c1. The Morgan fingerprint density at radius 1 is 0.941 bits per heavy atom. The molecule has 2 N–H and O–H groups in total. The molecule has 172 valence electrons. The molecule has 2 aromatic carbocycles. The second-order valence-corrected chi connectivity index (χ2v) is 8.20. The van der Waals surface area contributed by atoms with E-state index in [-0.39, 0.29) is 6.04 Å². The highest BCUT2D eigenvalue weighted by atomic mass is 19.4. The largest absolute Gasteiger partial charge is 0.416 e. The minimum atomic E-state index is -4.43. The summed E-state index contributed by atoms with van der Waals surface area (Å²) in [7, 11) is 0. The van der Waals surface area contributed by atoms with Gasteiger partial charge < -0.3 is 10.6 Å². The number of halogens is 3. The van der Waals surface area contributed by atoms with Gasteiger partial charge in [-0.2, -0.15) is 13.2 Å². The topological polar surface area (TPSA) is 62.7 Å². The summed E-state index contributed by atoms with van der Waals surface area (Å²) in [6.45, 7) is 1.42. The van der Waals surface area contributed by atoms with E-state index in [2.05, 4.69) is 37.7 Å². The summed E-state index contributed by atoms with van der Waals surface area (Å²) in [5.41, 5.74) is 4.13. The van der Waals surface area contributed by atoms with Gasteiger partial charge in [0.15, 0.2) is 0 Å². The zero-order valence-electron chi connectivity index (χ0n) is 18.2. The molecule has 3 heterocycles. The van der Waals surface area contributed by atoms with Crippen molar-refractivity contribution in [3.05, 3.63) is 95.9 Å². The smallest absolute Gasteiger partial charge is 0.353 e. The predicted molar refractivity (Wildman–Crippen MR) is 125 cm³/mol. The third-order valence-electron chi connectivity index (χ3n) is 5.92. The Labute approximate surface area is 195 Å². The second-order valence-electron chi connectivity index (χ2n) is 8.20. The van der Waals surface area contributed by atoms with Gasteiger partial charge in [0.25, 0.3) is 0 Å². The van der Waals surface area contributed by atoms with Crippen molar-refractivity contribution < 1.29 is 13.2 Å². The molecule has 1 atom stereocenters. The molecule has 0 spiro atoms. The average Bonchev–Trinajstić information content (AvgIpc) is 2.87. The first-order valence-corrected chi connectivity index (χ1v) is 11.0. The molecule has 1 unspecified atom stereocenters. The highest BCUT2D eigenvalue weighted by molar-refractivity contribution is 5.81. The second kappa shape index (κ2) is 9.23. The van der Waals surface area contributed by atoms with Crippen LogP contribution >= 0.6 is 0 Å². The molecule has 0 saturated carbocycles. The molecule has 0 radical (unpaired) electrons. The number of nitrogens with one attached hydrogen (secondary N) is 2. The number of pyridine rings is 1. The van der Waals surface area contributed by atoms with Crippen LogP contribution in [0.4, 0.5) is 19.1 Å². The molecule has 0 amide bonds. The van der Waals surface area contributed by atoms with Crippen molar-refractivity contribution in [1.29, 1.82) is 0 Å². The molecule has 34 heavy (non-hydrogen) atoms. The van der Waals surface area contributed by atoms with Gasteiger partial charge in [-0.1, -0.05) is 36.4 Å². The zero-order valence-corrected chi connectivity index (χ0v) is 18.2. The maximum Gasteiger partial charge on any atom is 0.416 e. The summed E-state index contributed by atoms with van der Waals surface area (Å²) in [5.74, 6) is 0.420. The minimum Gasteiger partial charge on any atom is -0.353 e. The predicted octanol–water partition coefficient (Wildman–Crippen LogP) is 5.35. The molecule has 5 rings (SSSR count). The van der Waals surface area contributed by atoms with E-state index in [4.69, 9.17) is 0 Å². The van der Waals surface area contributed by atoms with Crippen molar-refractivity contribution in [2.45, 2.75) is 25.2 Å². The van der Waals surface area contributed by atoms with E-state index in [1.165, 1.54) is 17.2 Å². The van der Waals surface area contributed by atoms with Gasteiger partial charge in [0.1, 0.15) is 0 Å². The fraction of sp³-hybridized carbons (Fsp3) is 0.192. The van der Waals surface area contributed by atoms with Crippen molar-refractivity contribution in [2.24, 2.45) is 0 Å². The molecule has 4 aromatic rings. The monoisotopic (exact) mass is 461 g/mol. The zero-order chi connectivity index (χ0) is 23.5. The van der Waals surface area contributed by atoms with Crippen LogP contribution in [-0.2, 0) is 19.1 Å². The lowest BCUT2D eigenvalue weighted by Gasteiger charge is -2.26. The molecule has 8 heteroatoms. The molecule has 0 saturated heterocycles. The Kier molecular flexibility index (Phi) is 5.98. The number of nitrogens with zero attached hydrogens (tertiary/aromatic N) is 3. The summed E-state index contributed by atoms with van der Waals surface area (Å²) in [5, 5.41) is 6.81. The van der Waals surface area contributed by atoms with Crippen molar-refractivity contribution in [3.8, 4) is 22.4 Å². The van der Waals surface area contributed by atoms with E-state index in [0.717, 1.165) is 30.7 Å². The fourth-order valence-corrected chi connectivity index (χ4v) is 4.15. The van der Waals surface area contributed by atoms with Crippen molar-refractivity contribution >= 4 is 5.95 Å². The lowest BCUT2D eigenvalue weighted by Crippen LogP contribution is -2.40. The van der Waals surface area contributed by atoms with Gasteiger partial charge in [0, 0.05) is 48.8 Å². The lowest BCUT2D eigenvalue weighted by molar-refractivity contribution is -0.137. The summed E-state index contributed by atoms with van der Waals surface area (Å²) in [6, 6.07) is 17.3. The van der Waals surface area contributed by atoms with Crippen LogP contribution in [0.2, 0.25) is 0 Å². The molecule has 1 aliphatic rings. The van der Waals surface area contributed by atoms with Crippen LogP contribution in [0, 0.1) is 0 Å². The molecule has 5 nitrogen and oxygen atoms in total. The quantitative estimate of drug-likeness (QED) is 0.420. The highest BCUT2D eigenvalue weighted by Crippen LogP contribution is 2.35. The first kappa shape index (κ1) is 22.0. The molecule has 0 fully saturated rings. The number of rotatable bonds is 5. The van der Waals surface area contributed by atoms with Crippen molar-refractivity contribution in [2.75, 3.05) is 11.9 Å². The van der Waals surface area contributed by atoms with Crippen LogP contribution in [0.3, 0.4) is 0 Å².